The predicted molar refractivity (Wildman–Crippen MR) is 55.2 cm³/mol. The van der Waals surface area contributed by atoms with Gasteiger partial charge in [0.1, 0.15) is 11.8 Å². The van der Waals surface area contributed by atoms with E-state index in [4.69, 9.17) is 10.00 Å². The van der Waals surface area contributed by atoms with E-state index in [0.717, 1.165) is 0 Å². The van der Waals surface area contributed by atoms with Gasteiger partial charge in [-0.15, -0.1) is 0 Å². The molecule has 0 amide bonds. The second-order valence-corrected chi connectivity index (χ2v) is 3.83. The minimum atomic E-state index is -2.49. The molecule has 4 nitrogen and oxygen atoms in total. The molecular formula is C12H8FNO3. The Balaban J connectivity index is 2.40. The average molecular weight is 233 g/mol. The van der Waals surface area contributed by atoms with Gasteiger partial charge in [0, 0.05) is 18.9 Å². The predicted octanol–water partition coefficient (Wildman–Crippen LogP) is 1.58. The molecule has 0 heterocycles. The second kappa shape index (κ2) is 3.67. The van der Waals surface area contributed by atoms with Gasteiger partial charge in [-0.2, -0.15) is 5.26 Å². The number of halogens is 1. The van der Waals surface area contributed by atoms with E-state index in [2.05, 4.69) is 0 Å². The Morgan fingerprint density at radius 1 is 1.59 bits per heavy atom. The molecule has 86 valence electrons. The first-order valence-corrected chi connectivity index (χ1v) is 4.92. The summed E-state index contributed by atoms with van der Waals surface area (Å²) in [4.78, 5) is 22.3. The summed E-state index contributed by atoms with van der Waals surface area (Å²) in [6, 6.07) is 5.56. The molecule has 5 heteroatoms. The Kier molecular flexibility index (Phi) is 2.43. The van der Waals surface area contributed by atoms with Crippen molar-refractivity contribution in [3.63, 3.8) is 0 Å². The van der Waals surface area contributed by atoms with Gasteiger partial charge < -0.3 is 4.74 Å². The van der Waals surface area contributed by atoms with Gasteiger partial charge in [0.25, 0.3) is 5.67 Å². The molecule has 0 saturated heterocycles. The molecule has 0 N–H and O–H groups in total. The number of fused-ring (bicyclic) bond motifs is 1. The summed E-state index contributed by atoms with van der Waals surface area (Å²) in [7, 11) is 0. The highest BCUT2D eigenvalue weighted by Gasteiger charge is 2.46. The van der Waals surface area contributed by atoms with Gasteiger partial charge in [-0.1, -0.05) is 0 Å². The van der Waals surface area contributed by atoms with Crippen LogP contribution in [0.1, 0.15) is 22.8 Å². The van der Waals surface area contributed by atoms with Gasteiger partial charge in [0.2, 0.25) is 5.78 Å². The number of nitriles is 1. The van der Waals surface area contributed by atoms with Crippen LogP contribution >= 0.6 is 0 Å². The third kappa shape index (κ3) is 1.78. The summed E-state index contributed by atoms with van der Waals surface area (Å²) in [5.74, 6) is -1.09. The van der Waals surface area contributed by atoms with Crippen LogP contribution in [0, 0.1) is 11.3 Å². The zero-order valence-electron chi connectivity index (χ0n) is 8.99. The molecule has 0 spiro atoms. The number of esters is 1. The van der Waals surface area contributed by atoms with E-state index in [1.807, 2.05) is 0 Å². The number of nitrogens with zero attached hydrogens (tertiary/aromatic N) is 1. The minimum absolute atomic E-state index is 0.171. The van der Waals surface area contributed by atoms with Gasteiger partial charge in [-0.25, -0.2) is 4.39 Å². The second-order valence-electron chi connectivity index (χ2n) is 3.83. The van der Waals surface area contributed by atoms with Crippen molar-refractivity contribution in [1.29, 1.82) is 5.26 Å². The van der Waals surface area contributed by atoms with Crippen molar-refractivity contribution < 1.29 is 18.7 Å². The van der Waals surface area contributed by atoms with E-state index in [0.29, 0.717) is 5.56 Å². The SMILES string of the molecule is CC(=O)Oc1ccc2c(c1)C[C@@](F)(C#N)C2=O. The van der Waals surface area contributed by atoms with E-state index in [9.17, 15) is 14.0 Å². The largest absolute Gasteiger partial charge is 0.427 e. The summed E-state index contributed by atoms with van der Waals surface area (Å²) >= 11 is 0. The molecule has 1 aliphatic carbocycles. The lowest BCUT2D eigenvalue weighted by Gasteiger charge is -2.04. The number of hydrogen-bond acceptors (Lipinski definition) is 4. The summed E-state index contributed by atoms with van der Waals surface area (Å²) in [6.07, 6.45) is -0.299. The number of ketones is 1. The number of alkyl halides is 1. The summed E-state index contributed by atoms with van der Waals surface area (Å²) in [5.41, 5.74) is -1.93. The Bertz CT molecular complexity index is 561. The maximum Gasteiger partial charge on any atom is 0.308 e. The lowest BCUT2D eigenvalue weighted by molar-refractivity contribution is -0.131. The molecule has 1 aromatic rings. The number of rotatable bonds is 1. The highest BCUT2D eigenvalue weighted by atomic mass is 19.1. The monoisotopic (exact) mass is 233 g/mol. The van der Waals surface area contributed by atoms with Crippen molar-refractivity contribution in [2.45, 2.75) is 19.0 Å². The molecule has 2 rings (SSSR count). The van der Waals surface area contributed by atoms with Crippen LogP contribution in [0.5, 0.6) is 5.75 Å². The van der Waals surface area contributed by atoms with E-state index >= 15 is 0 Å². The summed E-state index contributed by atoms with van der Waals surface area (Å²) in [5, 5.41) is 8.65. The normalized spacial score (nSPS) is 21.8. The number of carbonyl (C=O) groups excluding carboxylic acids is 2. The molecule has 1 aliphatic rings. The highest BCUT2D eigenvalue weighted by molar-refractivity contribution is 6.08. The highest BCUT2D eigenvalue weighted by Crippen LogP contribution is 2.34. The van der Waals surface area contributed by atoms with Gasteiger partial charge in [0.15, 0.2) is 0 Å². The van der Waals surface area contributed by atoms with Crippen LogP contribution in [0.2, 0.25) is 0 Å². The van der Waals surface area contributed by atoms with Crippen molar-refractivity contribution in [2.24, 2.45) is 0 Å². The van der Waals surface area contributed by atoms with Crippen LogP contribution in [-0.4, -0.2) is 17.4 Å². The Hall–Kier alpha value is -2.22. The zero-order valence-corrected chi connectivity index (χ0v) is 8.99. The van der Waals surface area contributed by atoms with Crippen molar-refractivity contribution in [1.82, 2.24) is 0 Å². The number of Topliss-reactive ketones (excluding diaryl/α,β-unsaturated/α-hetero) is 1. The number of hydrogen-bond donors (Lipinski definition) is 0. The fourth-order valence-electron chi connectivity index (χ4n) is 1.81. The Morgan fingerprint density at radius 3 is 2.88 bits per heavy atom. The number of benzene rings is 1. The maximum atomic E-state index is 13.8. The van der Waals surface area contributed by atoms with Crippen LogP contribution in [0.25, 0.3) is 0 Å². The van der Waals surface area contributed by atoms with E-state index < -0.39 is 17.4 Å². The van der Waals surface area contributed by atoms with Gasteiger partial charge in [0.05, 0.1) is 0 Å². The molecule has 0 saturated carbocycles. The minimum Gasteiger partial charge on any atom is -0.427 e. The van der Waals surface area contributed by atoms with E-state index in [-0.39, 0.29) is 17.7 Å². The quantitative estimate of drug-likeness (QED) is 0.545. The van der Waals surface area contributed by atoms with Crippen LogP contribution in [-0.2, 0) is 11.2 Å². The molecular weight excluding hydrogens is 225 g/mol. The van der Waals surface area contributed by atoms with Crippen LogP contribution in [0.15, 0.2) is 18.2 Å². The van der Waals surface area contributed by atoms with Gasteiger partial charge >= 0.3 is 5.97 Å². The molecule has 17 heavy (non-hydrogen) atoms. The zero-order chi connectivity index (χ0) is 12.6. The molecule has 0 unspecified atom stereocenters. The standard InChI is InChI=1S/C12H8FNO3/c1-7(15)17-9-2-3-10-8(4-9)5-12(13,6-14)11(10)16/h2-4H,5H2,1H3/t12-/m1/s1. The lowest BCUT2D eigenvalue weighted by atomic mass is 10.0. The molecule has 0 aromatic heterocycles. The maximum absolute atomic E-state index is 13.8. The van der Waals surface area contributed by atoms with Crippen LogP contribution < -0.4 is 4.74 Å². The van der Waals surface area contributed by atoms with Crippen molar-refractivity contribution in [3.05, 3.63) is 29.3 Å². The lowest BCUT2D eigenvalue weighted by Crippen LogP contribution is -2.27. The van der Waals surface area contributed by atoms with Crippen LogP contribution in [0.3, 0.4) is 0 Å². The third-order valence-electron chi connectivity index (χ3n) is 2.55. The molecule has 0 bridgehead atoms. The smallest absolute Gasteiger partial charge is 0.308 e. The first-order chi connectivity index (χ1) is 7.96. The van der Waals surface area contributed by atoms with Gasteiger partial charge in [-0.3, -0.25) is 9.59 Å². The number of ether oxygens (including phenoxy) is 1. The topological polar surface area (TPSA) is 67.2 Å². The third-order valence-corrected chi connectivity index (χ3v) is 2.55. The Morgan fingerprint density at radius 2 is 2.29 bits per heavy atom. The molecule has 0 fully saturated rings. The molecule has 0 radical (unpaired) electrons. The first-order valence-electron chi connectivity index (χ1n) is 4.92. The van der Waals surface area contributed by atoms with Crippen LogP contribution in [0.4, 0.5) is 4.39 Å². The van der Waals surface area contributed by atoms with Crippen molar-refractivity contribution in [3.8, 4) is 11.8 Å². The van der Waals surface area contributed by atoms with Crippen molar-refractivity contribution >= 4 is 11.8 Å². The fourth-order valence-corrected chi connectivity index (χ4v) is 1.81. The molecule has 1 aromatic carbocycles. The Labute approximate surface area is 96.6 Å². The molecule has 1 atom stereocenters. The average Bonchev–Trinajstić information content (AvgIpc) is 2.51. The van der Waals surface area contributed by atoms with Crippen molar-refractivity contribution in [2.75, 3.05) is 0 Å². The van der Waals surface area contributed by atoms with Gasteiger partial charge in [-0.05, 0) is 23.8 Å². The first kappa shape index (κ1) is 11.3. The summed E-state index contributed by atoms with van der Waals surface area (Å²) in [6.45, 7) is 1.24. The van der Waals surface area contributed by atoms with E-state index in [1.54, 1.807) is 0 Å². The molecule has 0 aliphatic heterocycles. The number of carbonyl (C=O) groups is 2. The van der Waals surface area contributed by atoms with E-state index in [1.165, 1.54) is 31.2 Å². The fraction of sp³-hybridized carbons (Fsp3) is 0.250. The summed E-state index contributed by atoms with van der Waals surface area (Å²) < 4.78 is 18.6.